The molecule has 0 aliphatic carbocycles. The molecule has 4 aromatic carbocycles. The normalized spacial score (nSPS) is 11.1. The number of hydrogen-bond acceptors (Lipinski definition) is 7. The summed E-state index contributed by atoms with van der Waals surface area (Å²) in [7, 11) is 4.32. The number of halogens is 1. The van der Waals surface area contributed by atoms with E-state index in [0.29, 0.717) is 0 Å². The Bertz CT molecular complexity index is 1120. The van der Waals surface area contributed by atoms with E-state index in [1.165, 1.54) is 54.5 Å². The maximum absolute atomic E-state index is 10.0. The average Bonchev–Trinajstić information content (AvgIpc) is 3.14. The second-order valence-corrected chi connectivity index (χ2v) is 15.1. The van der Waals surface area contributed by atoms with Gasteiger partial charge in [0.15, 0.2) is 0 Å². The third-order valence-corrected chi connectivity index (χ3v) is 12.0. The van der Waals surface area contributed by atoms with Crippen LogP contribution in [0.4, 0.5) is 0 Å². The van der Waals surface area contributed by atoms with Crippen LogP contribution in [0.15, 0.2) is 121 Å². The Hall–Kier alpha value is -2.37. The molecule has 0 heterocycles. The number of carbonyl (C=O) groups is 1. The van der Waals surface area contributed by atoms with E-state index in [1.807, 2.05) is 0 Å². The zero-order valence-corrected chi connectivity index (χ0v) is 31.8. The van der Waals surface area contributed by atoms with Crippen molar-refractivity contribution in [1.29, 1.82) is 0 Å². The number of aliphatic hydroxyl groups excluding tert-OH is 3. The second-order valence-electron chi connectivity index (χ2n) is 9.90. The van der Waals surface area contributed by atoms with Crippen LogP contribution in [0.1, 0.15) is 15.3 Å². The summed E-state index contributed by atoms with van der Waals surface area (Å²) in [5.41, 5.74) is 0. The molecule has 0 saturated heterocycles. The van der Waals surface area contributed by atoms with Crippen molar-refractivity contribution in [3.05, 3.63) is 121 Å². The monoisotopic (exact) mass is 792 g/mol. The van der Waals surface area contributed by atoms with Crippen LogP contribution in [0.3, 0.4) is 0 Å². The molecule has 0 spiro atoms. The van der Waals surface area contributed by atoms with E-state index < -0.39 is 34.0 Å². The Morgan fingerprint density at radius 2 is 0.979 bits per heavy atom. The quantitative estimate of drug-likeness (QED) is 0.0433. The second kappa shape index (κ2) is 29.7. The van der Waals surface area contributed by atoms with Crippen LogP contribution in [0.2, 0.25) is 0 Å². The summed E-state index contributed by atoms with van der Waals surface area (Å²) < 4.78 is 4.12. The summed E-state index contributed by atoms with van der Waals surface area (Å²) in [4.78, 5) is 17.8. The van der Waals surface area contributed by atoms with Crippen molar-refractivity contribution in [2.24, 2.45) is 0 Å². The molecule has 4 aromatic rings. The van der Waals surface area contributed by atoms with Gasteiger partial charge in [-0.05, 0) is 62.4 Å². The molecule has 0 bridgehead atoms. The predicted octanol–water partition coefficient (Wildman–Crippen LogP) is 3.60. The molecule has 0 aliphatic heterocycles. The Morgan fingerprint density at radius 1 is 0.723 bits per heavy atom. The predicted molar refractivity (Wildman–Crippen MR) is 202 cm³/mol. The van der Waals surface area contributed by atoms with Crippen LogP contribution in [-0.4, -0.2) is 79.4 Å². The molecule has 47 heavy (non-hydrogen) atoms. The molecule has 258 valence electrons. The van der Waals surface area contributed by atoms with E-state index in [1.54, 1.807) is 17.3 Å². The number of methoxy groups -OCH3 is 1. The molecule has 0 radical (unpaired) electrons. The number of nitrogens with one attached hydrogen (secondary N) is 1. The fourth-order valence-corrected chi connectivity index (χ4v) is 9.24. The van der Waals surface area contributed by atoms with Gasteiger partial charge in [0.1, 0.15) is 6.10 Å². The van der Waals surface area contributed by atoms with Crippen molar-refractivity contribution in [2.45, 2.75) is 26.1 Å². The fraction of sp³-hybridized carbons (Fsp3) is 0.278. The summed E-state index contributed by atoms with van der Waals surface area (Å²) in [6, 6.07) is 44.2. The number of esters is 1. The van der Waals surface area contributed by atoms with Crippen molar-refractivity contribution >= 4 is 59.5 Å². The maximum Gasteiger partial charge on any atom is 0.0967 e. The Labute approximate surface area is 298 Å². The van der Waals surface area contributed by atoms with Gasteiger partial charge in [-0.25, -0.2) is 4.79 Å². The SMILES string of the molecule is COC(=O)[C@@H](C)O.C[C@@H](O)CO.[CH-]=O.[Cl][RuH+2].[HH].c1ccc([PH+](CCNCC[PH+](c2ccccc2)c2ccccc2)c2ccccc2)cc1. The smallest absolute Gasteiger partial charge is 0.0967 e. The Balaban J connectivity index is 0. The van der Waals surface area contributed by atoms with Gasteiger partial charge in [-0.15, -0.1) is 0 Å². The molecule has 0 saturated carbocycles. The van der Waals surface area contributed by atoms with Gasteiger partial charge in [0.05, 0.1) is 69.2 Å². The van der Waals surface area contributed by atoms with Crippen LogP contribution >= 0.6 is 25.5 Å². The van der Waals surface area contributed by atoms with Gasteiger partial charge in [-0.1, -0.05) is 72.8 Å². The van der Waals surface area contributed by atoms with E-state index in [2.05, 4.69) is 148 Å². The van der Waals surface area contributed by atoms with Crippen LogP contribution in [0.5, 0.6) is 0 Å². The van der Waals surface area contributed by atoms with Gasteiger partial charge in [0.2, 0.25) is 0 Å². The number of benzene rings is 4. The van der Waals surface area contributed by atoms with Crippen LogP contribution < -0.4 is 26.5 Å². The summed E-state index contributed by atoms with van der Waals surface area (Å²) in [5, 5.41) is 34.1. The molecule has 0 aliphatic rings. The maximum atomic E-state index is 10.0. The van der Waals surface area contributed by atoms with Gasteiger partial charge in [-0.2, -0.15) is 0 Å². The summed E-state index contributed by atoms with van der Waals surface area (Å²) in [6.45, 7) is 8.12. The van der Waals surface area contributed by atoms with E-state index in [9.17, 15) is 4.79 Å². The van der Waals surface area contributed by atoms with E-state index in [4.69, 9.17) is 20.1 Å². The van der Waals surface area contributed by atoms with Crippen molar-refractivity contribution in [1.82, 2.24) is 5.32 Å². The van der Waals surface area contributed by atoms with Crippen LogP contribution in [0, 0.1) is 0 Å². The van der Waals surface area contributed by atoms with Gasteiger partial charge >= 0.3 is 33.0 Å². The molecule has 11 heteroatoms. The Morgan fingerprint density at radius 3 is 1.15 bits per heavy atom. The van der Waals surface area contributed by atoms with Crippen molar-refractivity contribution < 1.29 is 48.4 Å². The van der Waals surface area contributed by atoms with E-state index >= 15 is 0 Å². The van der Waals surface area contributed by atoms with Crippen LogP contribution in [-0.2, 0) is 31.6 Å². The first-order valence-electron chi connectivity index (χ1n) is 14.9. The third-order valence-electron chi connectivity index (χ3n) is 6.40. The molecule has 0 amide bonds. The van der Waals surface area contributed by atoms with E-state index in [0.717, 1.165) is 13.1 Å². The molecule has 0 unspecified atom stereocenters. The summed E-state index contributed by atoms with van der Waals surface area (Å²) in [6.07, 6.45) is 0.856. The minimum Gasteiger partial charge on any atom is -0.310 e. The number of ether oxygens (including phenoxy) is 1. The van der Waals surface area contributed by atoms with Crippen molar-refractivity contribution in [3.63, 3.8) is 0 Å². The minimum atomic E-state index is -0.995. The molecule has 0 aromatic heterocycles. The first-order chi connectivity index (χ1) is 22.9. The van der Waals surface area contributed by atoms with Gasteiger partial charge < -0.3 is 30.2 Å². The zero-order chi connectivity index (χ0) is 35.3. The minimum absolute atomic E-state index is 0. The Kier molecular flexibility index (Phi) is 28.3. The van der Waals surface area contributed by atoms with Crippen LogP contribution in [0.25, 0.3) is 0 Å². The molecule has 2 atom stereocenters. The number of rotatable bonds is 12. The topological polar surface area (TPSA) is 116 Å². The fourth-order valence-electron chi connectivity index (χ4n) is 4.19. The summed E-state index contributed by atoms with van der Waals surface area (Å²) >= 11 is 1.62. The molecule has 0 fully saturated rings. The van der Waals surface area contributed by atoms with E-state index in [-0.39, 0.29) is 8.03 Å². The molecule has 4 N–H and O–H groups in total. The van der Waals surface area contributed by atoms with Gasteiger partial charge in [0.25, 0.3) is 0 Å². The van der Waals surface area contributed by atoms with Gasteiger partial charge in [-0.3, -0.25) is 6.79 Å². The molecule has 7 nitrogen and oxygen atoms in total. The largest absolute Gasteiger partial charge is 0.310 e. The summed E-state index contributed by atoms with van der Waals surface area (Å²) in [5.74, 6) is -0.597. The standard InChI is InChI=1S/C28H29NP2.C4H8O3.C3H8O2.CHO.ClH.Ru.H2.H/c1-5-13-25(14-6-1)30(26-15-7-2-8-16-26)23-21-29-22-24-31(27-17-9-3-10-18-27)28-19-11-4-12-20-28;1-3(5)4(6)7-2;1-3(5)2-4;1-2;;;;/h1-20,29H,21-24H2;3,5H,1-2H3;3-5H,2H2,1H3;1H;1H;;1H;/q;;;-1;;+3;;/p+1/t;2*3-;;;;;/m.11...../s1. The molecular weight excluding hydrogens is 741 g/mol. The van der Waals surface area contributed by atoms with Gasteiger partial charge in [0, 0.05) is 14.5 Å². The molecule has 4 rings (SSSR count). The zero-order valence-electron chi connectivity index (χ0n) is 27.1. The van der Waals surface area contributed by atoms with Crippen molar-refractivity contribution in [3.8, 4) is 0 Å². The first-order valence-corrected chi connectivity index (χ1v) is 20.7. The molecular formula is C36H51ClNO6P2Ru+3. The number of carbonyl (C=O) groups excluding carboxylic acids is 2. The van der Waals surface area contributed by atoms with Crippen molar-refractivity contribution in [2.75, 3.05) is 39.1 Å². The third kappa shape index (κ3) is 19.9. The number of aliphatic hydroxyl groups is 3. The first kappa shape index (κ1) is 44.6. The number of hydrogen-bond donors (Lipinski definition) is 4. The average molecular weight is 792 g/mol.